The van der Waals surface area contributed by atoms with Crippen molar-refractivity contribution in [3.05, 3.63) is 65.7 Å². The maximum absolute atomic E-state index is 12.6. The first kappa shape index (κ1) is 17.9. The first-order valence-corrected chi connectivity index (χ1v) is 9.39. The van der Waals surface area contributed by atoms with Crippen LogP contribution < -0.4 is 10.1 Å². The normalized spacial score (nSPS) is 27.0. The van der Waals surface area contributed by atoms with E-state index in [0.717, 1.165) is 30.7 Å². The van der Waals surface area contributed by atoms with Crippen LogP contribution in [0.5, 0.6) is 5.75 Å². The summed E-state index contributed by atoms with van der Waals surface area (Å²) in [7, 11) is 5.92. The summed E-state index contributed by atoms with van der Waals surface area (Å²) in [5, 5.41) is 3.27. The Morgan fingerprint density at radius 2 is 1.74 bits per heavy atom. The Kier molecular flexibility index (Phi) is 4.35. The fourth-order valence-corrected chi connectivity index (χ4v) is 4.66. The molecule has 4 rings (SSSR count). The first-order chi connectivity index (χ1) is 13.0. The quantitative estimate of drug-likeness (QED) is 0.885. The van der Waals surface area contributed by atoms with Crippen molar-refractivity contribution in [1.29, 1.82) is 0 Å². The smallest absolute Gasteiger partial charge is 0.318 e. The fraction of sp³-hybridized carbons (Fsp3) is 0.409. The third-order valence-electron chi connectivity index (χ3n) is 6.11. The minimum atomic E-state index is -0.135. The molecule has 2 aliphatic rings. The molecule has 0 bridgehead atoms. The number of nitrogens with one attached hydrogen (secondary N) is 1. The number of urea groups is 1. The maximum Gasteiger partial charge on any atom is 0.318 e. The molecule has 5 nitrogen and oxygen atoms in total. The lowest BCUT2D eigenvalue weighted by Gasteiger charge is -2.57. The minimum absolute atomic E-state index is 0.00926. The largest absolute Gasteiger partial charge is 0.497 e. The molecule has 0 aromatic heterocycles. The van der Waals surface area contributed by atoms with Gasteiger partial charge < -0.3 is 15.0 Å². The number of hydrogen-bond donors (Lipinski definition) is 1. The summed E-state index contributed by atoms with van der Waals surface area (Å²) < 4.78 is 5.21. The lowest BCUT2D eigenvalue weighted by atomic mass is 9.59. The van der Waals surface area contributed by atoms with Crippen LogP contribution in [0, 0.1) is 0 Å². The third-order valence-corrected chi connectivity index (χ3v) is 6.11. The Morgan fingerprint density at radius 1 is 1.07 bits per heavy atom. The summed E-state index contributed by atoms with van der Waals surface area (Å²) in [5.74, 6) is 0.832. The van der Waals surface area contributed by atoms with Crippen molar-refractivity contribution >= 4 is 6.03 Å². The van der Waals surface area contributed by atoms with Gasteiger partial charge in [0.25, 0.3) is 0 Å². The molecule has 2 aromatic rings. The lowest BCUT2D eigenvalue weighted by molar-refractivity contribution is -0.0231. The molecule has 1 aliphatic heterocycles. The molecule has 142 valence electrons. The molecule has 1 aliphatic carbocycles. The third kappa shape index (κ3) is 3.06. The average Bonchev–Trinajstić information content (AvgIpc) is 2.97. The van der Waals surface area contributed by atoms with Crippen molar-refractivity contribution in [2.45, 2.75) is 30.5 Å². The number of carbonyl (C=O) groups excluding carboxylic acids is 1. The SMILES string of the molecule is COc1ccc(CN2C[C@]3(C[C@@](c4ccccc4)(N(C)C)C3)NC2=O)cc1. The first-order valence-electron chi connectivity index (χ1n) is 9.39. The van der Waals surface area contributed by atoms with Crippen LogP contribution in [0.4, 0.5) is 4.79 Å². The Labute approximate surface area is 160 Å². The van der Waals surface area contributed by atoms with Gasteiger partial charge in [-0.1, -0.05) is 42.5 Å². The molecule has 2 aromatic carbocycles. The van der Waals surface area contributed by atoms with E-state index in [4.69, 9.17) is 4.74 Å². The number of hydrogen-bond acceptors (Lipinski definition) is 3. The van der Waals surface area contributed by atoms with E-state index in [1.165, 1.54) is 5.56 Å². The summed E-state index contributed by atoms with van der Waals surface area (Å²) in [4.78, 5) is 16.8. The lowest BCUT2D eigenvalue weighted by Crippen LogP contribution is -2.66. The van der Waals surface area contributed by atoms with Gasteiger partial charge in [0.05, 0.1) is 18.2 Å². The van der Waals surface area contributed by atoms with Crippen LogP contribution in [0.1, 0.15) is 24.0 Å². The van der Waals surface area contributed by atoms with E-state index >= 15 is 0 Å². The van der Waals surface area contributed by atoms with Gasteiger partial charge in [-0.05, 0) is 50.2 Å². The standard InChI is InChI=1S/C22H27N3O2/c1-24(2)22(18-7-5-4-6-8-18)14-21(15-22)16-25(20(26)23-21)13-17-9-11-19(27-3)12-10-17/h4-12H,13-16H2,1-3H3,(H,23,26)/t21-,22-. The predicted octanol–water partition coefficient (Wildman–Crippen LogP) is 3.21. The molecule has 1 saturated carbocycles. The van der Waals surface area contributed by atoms with E-state index < -0.39 is 0 Å². The van der Waals surface area contributed by atoms with E-state index in [0.29, 0.717) is 6.54 Å². The molecule has 0 radical (unpaired) electrons. The average molecular weight is 365 g/mol. The van der Waals surface area contributed by atoms with Crippen LogP contribution >= 0.6 is 0 Å². The van der Waals surface area contributed by atoms with E-state index in [-0.39, 0.29) is 17.1 Å². The number of methoxy groups -OCH3 is 1. The van der Waals surface area contributed by atoms with Gasteiger partial charge in [-0.2, -0.15) is 0 Å². The number of benzene rings is 2. The molecule has 1 saturated heterocycles. The van der Waals surface area contributed by atoms with Crippen molar-refractivity contribution in [2.24, 2.45) is 0 Å². The monoisotopic (exact) mass is 365 g/mol. The highest BCUT2D eigenvalue weighted by molar-refractivity contribution is 5.78. The van der Waals surface area contributed by atoms with Gasteiger partial charge in [0.2, 0.25) is 0 Å². The number of ether oxygens (including phenoxy) is 1. The number of carbonyl (C=O) groups is 1. The van der Waals surface area contributed by atoms with Gasteiger partial charge in [-0.25, -0.2) is 4.79 Å². The molecule has 0 atom stereocenters. The fourth-order valence-electron chi connectivity index (χ4n) is 4.66. The topological polar surface area (TPSA) is 44.8 Å². The van der Waals surface area contributed by atoms with E-state index in [9.17, 15) is 4.79 Å². The van der Waals surface area contributed by atoms with Crippen molar-refractivity contribution in [3.8, 4) is 5.75 Å². The molecule has 2 amide bonds. The van der Waals surface area contributed by atoms with Gasteiger partial charge in [0.1, 0.15) is 5.75 Å². The highest BCUT2D eigenvalue weighted by atomic mass is 16.5. The van der Waals surface area contributed by atoms with Gasteiger partial charge in [0.15, 0.2) is 0 Å². The van der Waals surface area contributed by atoms with E-state index in [1.54, 1.807) is 7.11 Å². The van der Waals surface area contributed by atoms with Crippen molar-refractivity contribution in [1.82, 2.24) is 15.1 Å². The zero-order valence-electron chi connectivity index (χ0n) is 16.2. The van der Waals surface area contributed by atoms with Crippen LogP contribution in [0.2, 0.25) is 0 Å². The van der Waals surface area contributed by atoms with Crippen LogP contribution in [-0.2, 0) is 12.1 Å². The summed E-state index contributed by atoms with van der Waals surface area (Å²) in [6, 6.07) is 18.6. The van der Waals surface area contributed by atoms with Crippen molar-refractivity contribution < 1.29 is 9.53 Å². The van der Waals surface area contributed by atoms with Crippen LogP contribution in [0.15, 0.2) is 54.6 Å². The molecule has 1 heterocycles. The Hall–Kier alpha value is -2.53. The van der Waals surface area contributed by atoms with Crippen molar-refractivity contribution in [2.75, 3.05) is 27.7 Å². The van der Waals surface area contributed by atoms with Gasteiger partial charge in [-0.3, -0.25) is 4.90 Å². The summed E-state index contributed by atoms with van der Waals surface area (Å²) in [5.41, 5.74) is 2.29. The molecule has 1 N–H and O–H groups in total. The van der Waals surface area contributed by atoms with E-state index in [1.807, 2.05) is 29.2 Å². The Bertz CT molecular complexity index is 811. The number of nitrogens with zero attached hydrogens (tertiary/aromatic N) is 2. The summed E-state index contributed by atoms with van der Waals surface area (Å²) in [6.07, 6.45) is 1.86. The highest BCUT2D eigenvalue weighted by Gasteiger charge is 2.60. The second-order valence-corrected chi connectivity index (χ2v) is 8.06. The zero-order valence-corrected chi connectivity index (χ0v) is 16.2. The molecule has 0 unspecified atom stereocenters. The minimum Gasteiger partial charge on any atom is -0.497 e. The second kappa shape index (κ2) is 6.57. The zero-order chi connectivity index (χ0) is 19.1. The maximum atomic E-state index is 12.6. The van der Waals surface area contributed by atoms with Gasteiger partial charge >= 0.3 is 6.03 Å². The van der Waals surface area contributed by atoms with Gasteiger partial charge in [0, 0.05) is 13.1 Å². The molecular weight excluding hydrogens is 338 g/mol. The summed E-state index contributed by atoms with van der Waals surface area (Å²) >= 11 is 0. The Morgan fingerprint density at radius 3 is 2.33 bits per heavy atom. The Balaban J connectivity index is 1.48. The number of amides is 2. The number of rotatable bonds is 5. The van der Waals surface area contributed by atoms with Crippen LogP contribution in [0.25, 0.3) is 0 Å². The summed E-state index contributed by atoms with van der Waals surface area (Å²) in [6.45, 7) is 1.37. The van der Waals surface area contributed by atoms with Crippen LogP contribution in [0.3, 0.4) is 0 Å². The highest BCUT2D eigenvalue weighted by Crippen LogP contribution is 2.53. The molecule has 5 heteroatoms. The molecular formula is C22H27N3O2. The predicted molar refractivity (Wildman–Crippen MR) is 106 cm³/mol. The molecule has 1 spiro atoms. The molecule has 27 heavy (non-hydrogen) atoms. The van der Waals surface area contributed by atoms with Gasteiger partial charge in [-0.15, -0.1) is 0 Å². The molecule has 2 fully saturated rings. The van der Waals surface area contributed by atoms with Crippen molar-refractivity contribution in [3.63, 3.8) is 0 Å². The van der Waals surface area contributed by atoms with Crippen LogP contribution in [-0.4, -0.2) is 49.1 Å². The van der Waals surface area contributed by atoms with E-state index in [2.05, 4.69) is 54.6 Å². The second-order valence-electron chi connectivity index (χ2n) is 8.06.